The smallest absolute Gasteiger partial charge is 0.207 e. The van der Waals surface area contributed by atoms with Crippen LogP contribution in [-0.4, -0.2) is 11.4 Å². The summed E-state index contributed by atoms with van der Waals surface area (Å²) in [4.78, 5) is 9.91. The van der Waals surface area contributed by atoms with Gasteiger partial charge in [-0.3, -0.25) is 4.79 Å². The normalized spacial score (nSPS) is 12.8. The summed E-state index contributed by atoms with van der Waals surface area (Å²) < 4.78 is 0. The largest absolute Gasteiger partial charge is 0.346 e. The lowest BCUT2D eigenvalue weighted by molar-refractivity contribution is -0.109. The summed E-state index contributed by atoms with van der Waals surface area (Å²) >= 11 is 3.26. The number of alkyl halides is 1. The highest BCUT2D eigenvalue weighted by Crippen LogP contribution is 2.01. The van der Waals surface area contributed by atoms with Gasteiger partial charge in [-0.15, -0.1) is 0 Å². The first kappa shape index (κ1) is 7.95. The van der Waals surface area contributed by atoms with Crippen LogP contribution in [0.25, 0.3) is 0 Å². The van der Waals surface area contributed by atoms with E-state index in [4.69, 9.17) is 0 Å². The molecule has 1 unspecified atom stereocenters. The van der Waals surface area contributed by atoms with Gasteiger partial charge >= 0.3 is 0 Å². The zero-order valence-electron chi connectivity index (χ0n) is 4.86. The van der Waals surface area contributed by atoms with Gasteiger partial charge in [0.15, 0.2) is 0 Å². The van der Waals surface area contributed by atoms with Gasteiger partial charge in [0.1, 0.15) is 0 Å². The van der Waals surface area contributed by atoms with Gasteiger partial charge in [0.05, 0.1) is 4.95 Å². The molecule has 0 heterocycles. The van der Waals surface area contributed by atoms with E-state index in [9.17, 15) is 4.79 Å². The van der Waals surface area contributed by atoms with Crippen molar-refractivity contribution in [2.24, 2.45) is 0 Å². The van der Waals surface area contributed by atoms with Crippen LogP contribution in [-0.2, 0) is 4.79 Å². The highest BCUT2D eigenvalue weighted by Gasteiger charge is 1.96. The quantitative estimate of drug-likeness (QED) is 0.393. The van der Waals surface area contributed by atoms with Gasteiger partial charge in [0, 0.05) is 0 Å². The van der Waals surface area contributed by atoms with Crippen molar-refractivity contribution in [1.29, 1.82) is 0 Å². The third kappa shape index (κ3) is 4.12. The van der Waals surface area contributed by atoms with Crippen LogP contribution < -0.4 is 5.32 Å². The number of halogens is 1. The third-order valence-corrected chi connectivity index (χ3v) is 1.51. The second-order valence-corrected chi connectivity index (χ2v) is 2.65. The van der Waals surface area contributed by atoms with Crippen LogP contribution in [0.1, 0.15) is 19.8 Å². The molecule has 0 aliphatic heterocycles. The van der Waals surface area contributed by atoms with Crippen molar-refractivity contribution in [3.63, 3.8) is 0 Å². The standard InChI is InChI=1S/C5H10BrNO/c1-2-3-5(6)7-4-8/h4-5H,2-3H2,1H3,(H,7,8). The van der Waals surface area contributed by atoms with Gasteiger partial charge in [-0.2, -0.15) is 0 Å². The highest BCUT2D eigenvalue weighted by atomic mass is 79.9. The Hall–Kier alpha value is -0.0500. The highest BCUT2D eigenvalue weighted by molar-refractivity contribution is 9.09. The molecule has 0 radical (unpaired) electrons. The first-order valence-corrected chi connectivity index (χ1v) is 3.56. The van der Waals surface area contributed by atoms with Crippen LogP contribution in [0.3, 0.4) is 0 Å². The van der Waals surface area contributed by atoms with Gasteiger partial charge in [-0.05, 0) is 6.42 Å². The van der Waals surface area contributed by atoms with Crippen LogP contribution in [0.15, 0.2) is 0 Å². The molecule has 0 aromatic rings. The molecular formula is C5H10BrNO. The lowest BCUT2D eigenvalue weighted by Gasteiger charge is -2.03. The Morgan fingerprint density at radius 2 is 2.50 bits per heavy atom. The molecule has 0 rings (SSSR count). The van der Waals surface area contributed by atoms with Crippen molar-refractivity contribution in [1.82, 2.24) is 5.32 Å². The predicted molar refractivity (Wildman–Crippen MR) is 36.8 cm³/mol. The minimum absolute atomic E-state index is 0.157. The number of hydrogen-bond donors (Lipinski definition) is 1. The number of carbonyl (C=O) groups excluding carboxylic acids is 1. The summed E-state index contributed by atoms with van der Waals surface area (Å²) in [5.74, 6) is 0. The lowest BCUT2D eigenvalue weighted by Crippen LogP contribution is -2.20. The van der Waals surface area contributed by atoms with Crippen molar-refractivity contribution in [3.8, 4) is 0 Å². The third-order valence-electron chi connectivity index (χ3n) is 0.791. The average molecular weight is 180 g/mol. The van der Waals surface area contributed by atoms with Crippen molar-refractivity contribution >= 4 is 22.3 Å². The Labute approximate surface area is 57.8 Å². The van der Waals surface area contributed by atoms with Gasteiger partial charge in [0.25, 0.3) is 0 Å². The molecule has 0 aliphatic rings. The predicted octanol–water partition coefficient (Wildman–Crippen LogP) is 1.25. The van der Waals surface area contributed by atoms with E-state index >= 15 is 0 Å². The molecule has 0 spiro atoms. The van der Waals surface area contributed by atoms with E-state index in [1.807, 2.05) is 0 Å². The lowest BCUT2D eigenvalue weighted by atomic mass is 10.3. The molecule has 48 valence electrons. The number of amides is 1. The summed E-state index contributed by atoms with van der Waals surface area (Å²) in [5.41, 5.74) is 0. The molecule has 0 aromatic heterocycles. The molecule has 1 amide bonds. The van der Waals surface area contributed by atoms with Crippen LogP contribution in [0.2, 0.25) is 0 Å². The van der Waals surface area contributed by atoms with E-state index in [1.54, 1.807) is 0 Å². The molecule has 0 fully saturated rings. The molecule has 1 atom stereocenters. The maximum absolute atomic E-state index is 9.75. The second-order valence-electron chi connectivity index (χ2n) is 1.54. The van der Waals surface area contributed by atoms with Gasteiger partial charge in [-0.25, -0.2) is 0 Å². The van der Waals surface area contributed by atoms with E-state index in [2.05, 4.69) is 28.2 Å². The number of carbonyl (C=O) groups is 1. The Balaban J connectivity index is 3.03. The maximum atomic E-state index is 9.75. The van der Waals surface area contributed by atoms with Crippen LogP contribution in [0.5, 0.6) is 0 Å². The van der Waals surface area contributed by atoms with Gasteiger partial charge in [-0.1, -0.05) is 29.3 Å². The second kappa shape index (κ2) is 5.09. The Kier molecular flexibility index (Phi) is 5.06. The fourth-order valence-electron chi connectivity index (χ4n) is 0.411. The molecule has 8 heavy (non-hydrogen) atoms. The first-order chi connectivity index (χ1) is 3.81. The molecular weight excluding hydrogens is 170 g/mol. The summed E-state index contributed by atoms with van der Waals surface area (Å²) in [6.07, 6.45) is 2.77. The molecule has 0 aromatic carbocycles. The monoisotopic (exact) mass is 179 g/mol. The van der Waals surface area contributed by atoms with Gasteiger partial charge in [0.2, 0.25) is 6.41 Å². The summed E-state index contributed by atoms with van der Waals surface area (Å²) in [6.45, 7) is 2.07. The van der Waals surface area contributed by atoms with Crippen molar-refractivity contribution in [2.75, 3.05) is 0 Å². The van der Waals surface area contributed by atoms with Crippen LogP contribution in [0.4, 0.5) is 0 Å². The number of rotatable bonds is 4. The summed E-state index contributed by atoms with van der Waals surface area (Å²) in [6, 6.07) is 0. The minimum atomic E-state index is 0.157. The topological polar surface area (TPSA) is 29.1 Å². The molecule has 0 saturated carbocycles. The molecule has 0 aliphatic carbocycles. The van der Waals surface area contributed by atoms with Gasteiger partial charge < -0.3 is 5.32 Å². The van der Waals surface area contributed by atoms with E-state index in [-0.39, 0.29) is 4.95 Å². The van der Waals surface area contributed by atoms with Crippen molar-refractivity contribution < 1.29 is 4.79 Å². The Bertz CT molecular complexity index is 67.4. The molecule has 1 N–H and O–H groups in total. The van der Waals surface area contributed by atoms with E-state index in [0.717, 1.165) is 12.8 Å². The van der Waals surface area contributed by atoms with Crippen LogP contribution in [0, 0.1) is 0 Å². The SMILES string of the molecule is CCCC(Br)NC=O. The molecule has 2 nitrogen and oxygen atoms in total. The zero-order chi connectivity index (χ0) is 6.41. The molecule has 0 saturated heterocycles. The maximum Gasteiger partial charge on any atom is 0.207 e. The average Bonchev–Trinajstić information content (AvgIpc) is 1.68. The van der Waals surface area contributed by atoms with Crippen molar-refractivity contribution in [2.45, 2.75) is 24.7 Å². The van der Waals surface area contributed by atoms with E-state index < -0.39 is 0 Å². The Morgan fingerprint density at radius 1 is 1.88 bits per heavy atom. The minimum Gasteiger partial charge on any atom is -0.346 e. The molecule has 3 heteroatoms. The van der Waals surface area contributed by atoms with Crippen molar-refractivity contribution in [3.05, 3.63) is 0 Å². The molecule has 0 bridgehead atoms. The zero-order valence-corrected chi connectivity index (χ0v) is 6.44. The summed E-state index contributed by atoms with van der Waals surface area (Å²) in [5, 5.41) is 2.58. The van der Waals surface area contributed by atoms with E-state index in [0.29, 0.717) is 6.41 Å². The number of hydrogen-bond acceptors (Lipinski definition) is 1. The Morgan fingerprint density at radius 3 is 2.88 bits per heavy atom. The summed E-state index contributed by atoms with van der Waals surface area (Å²) in [7, 11) is 0. The fourth-order valence-corrected chi connectivity index (χ4v) is 0.976. The van der Waals surface area contributed by atoms with E-state index in [1.165, 1.54) is 0 Å². The fraction of sp³-hybridized carbons (Fsp3) is 0.800. The first-order valence-electron chi connectivity index (χ1n) is 2.65. The van der Waals surface area contributed by atoms with Crippen LogP contribution >= 0.6 is 15.9 Å². The number of nitrogens with one attached hydrogen (secondary N) is 1.